The first-order valence-corrected chi connectivity index (χ1v) is 4.04. The Bertz CT molecular complexity index is 250. The van der Waals surface area contributed by atoms with Gasteiger partial charge in [0.1, 0.15) is 0 Å². The van der Waals surface area contributed by atoms with Gasteiger partial charge in [-0.1, -0.05) is 6.07 Å². The summed E-state index contributed by atoms with van der Waals surface area (Å²) >= 11 is 0. The number of ether oxygens (including phenoxy) is 1. The number of pyridine rings is 1. The first-order valence-electron chi connectivity index (χ1n) is 4.04. The molecule has 2 heterocycles. The average molecular weight is 165 g/mol. The molecule has 0 aliphatic carbocycles. The summed E-state index contributed by atoms with van der Waals surface area (Å²) in [6.07, 6.45) is 1.35. The molecule has 1 aliphatic heterocycles. The van der Waals surface area contributed by atoms with Gasteiger partial charge < -0.3 is 9.84 Å². The lowest BCUT2D eigenvalue weighted by Gasteiger charge is -2.10. The van der Waals surface area contributed by atoms with Crippen LogP contribution in [0.25, 0.3) is 0 Å². The molecule has 0 radical (unpaired) electrons. The van der Waals surface area contributed by atoms with Crippen LogP contribution in [0.2, 0.25) is 0 Å². The van der Waals surface area contributed by atoms with Crippen molar-refractivity contribution in [3.05, 3.63) is 30.1 Å². The highest BCUT2D eigenvalue weighted by Gasteiger charge is 2.28. The van der Waals surface area contributed by atoms with Gasteiger partial charge in [-0.05, 0) is 12.1 Å². The van der Waals surface area contributed by atoms with Crippen molar-refractivity contribution in [3.8, 4) is 0 Å². The number of hydrogen-bond donors (Lipinski definition) is 1. The lowest BCUT2D eigenvalue weighted by molar-refractivity contribution is 0.124. The van der Waals surface area contributed by atoms with Crippen molar-refractivity contribution in [2.75, 3.05) is 13.2 Å². The van der Waals surface area contributed by atoms with E-state index in [4.69, 9.17) is 4.74 Å². The van der Waals surface area contributed by atoms with Gasteiger partial charge in [0.15, 0.2) is 0 Å². The molecule has 64 valence electrons. The van der Waals surface area contributed by atoms with Crippen molar-refractivity contribution in [1.82, 2.24) is 4.98 Å². The van der Waals surface area contributed by atoms with E-state index in [2.05, 4.69) is 4.98 Å². The summed E-state index contributed by atoms with van der Waals surface area (Å²) in [6, 6.07) is 5.71. The van der Waals surface area contributed by atoms with Crippen LogP contribution in [0, 0.1) is 0 Å². The molecule has 3 nitrogen and oxygen atoms in total. The van der Waals surface area contributed by atoms with E-state index in [1.165, 1.54) is 0 Å². The molecule has 1 aliphatic rings. The molecular formula is C9H11NO2. The van der Waals surface area contributed by atoms with Crippen molar-refractivity contribution < 1.29 is 9.84 Å². The molecule has 0 spiro atoms. The van der Waals surface area contributed by atoms with E-state index in [0.717, 1.165) is 5.69 Å². The van der Waals surface area contributed by atoms with Gasteiger partial charge in [-0.25, -0.2) is 0 Å². The lowest BCUT2D eigenvalue weighted by atomic mass is 10.0. The minimum atomic E-state index is -0.389. The molecule has 0 saturated carbocycles. The van der Waals surface area contributed by atoms with Gasteiger partial charge in [0.2, 0.25) is 0 Å². The minimum absolute atomic E-state index is 0.0613. The molecule has 1 aromatic heterocycles. The van der Waals surface area contributed by atoms with Crippen LogP contribution in [0.1, 0.15) is 11.6 Å². The van der Waals surface area contributed by atoms with Gasteiger partial charge >= 0.3 is 0 Å². The normalized spacial score (nSPS) is 29.1. The molecular weight excluding hydrogens is 154 g/mol. The molecule has 1 aromatic rings. The number of nitrogens with zero attached hydrogens (tertiary/aromatic N) is 1. The van der Waals surface area contributed by atoms with E-state index in [-0.39, 0.29) is 12.0 Å². The molecule has 0 unspecified atom stereocenters. The highest BCUT2D eigenvalue weighted by Crippen LogP contribution is 2.23. The standard InChI is InChI=1S/C9H11NO2/c11-9-6-12-5-7(9)8-3-1-2-4-10-8/h1-4,7,9,11H,5-6H2/t7-,9-/m0/s1. The Morgan fingerprint density at radius 2 is 2.33 bits per heavy atom. The third-order valence-corrected chi connectivity index (χ3v) is 2.12. The summed E-state index contributed by atoms with van der Waals surface area (Å²) in [5.74, 6) is 0.0613. The monoisotopic (exact) mass is 165 g/mol. The molecule has 2 atom stereocenters. The predicted octanol–water partition coefficient (Wildman–Crippen LogP) is 0.556. The zero-order chi connectivity index (χ0) is 8.39. The maximum Gasteiger partial charge on any atom is 0.0879 e. The van der Waals surface area contributed by atoms with Crippen LogP contribution in [-0.4, -0.2) is 29.4 Å². The molecule has 12 heavy (non-hydrogen) atoms. The molecule has 0 amide bonds. The number of aliphatic hydroxyl groups excluding tert-OH is 1. The van der Waals surface area contributed by atoms with Gasteiger partial charge in [0.25, 0.3) is 0 Å². The van der Waals surface area contributed by atoms with Gasteiger partial charge in [-0.2, -0.15) is 0 Å². The summed E-state index contributed by atoms with van der Waals surface area (Å²) in [5, 5.41) is 9.48. The second-order valence-corrected chi connectivity index (χ2v) is 2.97. The summed E-state index contributed by atoms with van der Waals surface area (Å²) in [6.45, 7) is 1.01. The van der Waals surface area contributed by atoms with Crippen molar-refractivity contribution in [1.29, 1.82) is 0 Å². The predicted molar refractivity (Wildman–Crippen MR) is 43.8 cm³/mol. The number of aliphatic hydroxyl groups is 1. The van der Waals surface area contributed by atoms with Crippen molar-refractivity contribution >= 4 is 0 Å². The van der Waals surface area contributed by atoms with Crippen LogP contribution in [0.5, 0.6) is 0 Å². The highest BCUT2D eigenvalue weighted by molar-refractivity contribution is 5.12. The molecule has 2 rings (SSSR count). The van der Waals surface area contributed by atoms with Crippen molar-refractivity contribution in [2.24, 2.45) is 0 Å². The fourth-order valence-electron chi connectivity index (χ4n) is 1.42. The molecule has 1 saturated heterocycles. The second kappa shape index (κ2) is 3.21. The SMILES string of the molecule is O[C@H]1COC[C@H]1c1ccccn1. The maximum atomic E-state index is 9.48. The van der Waals surface area contributed by atoms with Gasteiger partial charge in [0, 0.05) is 11.9 Å². The Kier molecular flexibility index (Phi) is 2.06. The topological polar surface area (TPSA) is 42.4 Å². The lowest BCUT2D eigenvalue weighted by Crippen LogP contribution is -2.16. The summed E-state index contributed by atoms with van der Waals surface area (Å²) in [7, 11) is 0. The number of hydrogen-bond acceptors (Lipinski definition) is 3. The fourth-order valence-corrected chi connectivity index (χ4v) is 1.42. The molecule has 1 fully saturated rings. The summed E-state index contributed by atoms with van der Waals surface area (Å²) < 4.78 is 5.13. The second-order valence-electron chi connectivity index (χ2n) is 2.97. The van der Waals surface area contributed by atoms with Crippen LogP contribution in [0.15, 0.2) is 24.4 Å². The summed E-state index contributed by atoms with van der Waals surface area (Å²) in [5.41, 5.74) is 0.919. The van der Waals surface area contributed by atoms with Gasteiger partial charge in [-0.3, -0.25) is 4.98 Å². The minimum Gasteiger partial charge on any atom is -0.390 e. The fraction of sp³-hybridized carbons (Fsp3) is 0.444. The third-order valence-electron chi connectivity index (χ3n) is 2.12. The van der Waals surface area contributed by atoms with Crippen LogP contribution >= 0.6 is 0 Å². The smallest absolute Gasteiger partial charge is 0.0879 e. The Labute approximate surface area is 71.0 Å². The van der Waals surface area contributed by atoms with E-state index in [0.29, 0.717) is 13.2 Å². The van der Waals surface area contributed by atoms with E-state index < -0.39 is 0 Å². The van der Waals surface area contributed by atoms with Crippen LogP contribution in [0.4, 0.5) is 0 Å². The average Bonchev–Trinajstić information content (AvgIpc) is 2.53. The molecule has 0 aromatic carbocycles. The van der Waals surface area contributed by atoms with Gasteiger partial charge in [0.05, 0.1) is 25.2 Å². The van der Waals surface area contributed by atoms with Crippen molar-refractivity contribution in [2.45, 2.75) is 12.0 Å². The maximum absolute atomic E-state index is 9.48. The van der Waals surface area contributed by atoms with E-state index in [1.807, 2.05) is 18.2 Å². The molecule has 0 bridgehead atoms. The Morgan fingerprint density at radius 1 is 1.42 bits per heavy atom. The van der Waals surface area contributed by atoms with E-state index in [9.17, 15) is 5.11 Å². The largest absolute Gasteiger partial charge is 0.390 e. The van der Waals surface area contributed by atoms with Crippen LogP contribution < -0.4 is 0 Å². The summed E-state index contributed by atoms with van der Waals surface area (Å²) in [4.78, 5) is 4.17. The Balaban J connectivity index is 2.19. The number of rotatable bonds is 1. The highest BCUT2D eigenvalue weighted by atomic mass is 16.5. The zero-order valence-corrected chi connectivity index (χ0v) is 6.68. The van der Waals surface area contributed by atoms with E-state index >= 15 is 0 Å². The first kappa shape index (κ1) is 7.71. The van der Waals surface area contributed by atoms with Crippen LogP contribution in [-0.2, 0) is 4.74 Å². The first-order chi connectivity index (χ1) is 5.88. The molecule has 1 N–H and O–H groups in total. The Hall–Kier alpha value is -0.930. The number of aromatic nitrogens is 1. The Morgan fingerprint density at radius 3 is 2.92 bits per heavy atom. The van der Waals surface area contributed by atoms with E-state index in [1.54, 1.807) is 6.20 Å². The van der Waals surface area contributed by atoms with Crippen molar-refractivity contribution in [3.63, 3.8) is 0 Å². The zero-order valence-electron chi connectivity index (χ0n) is 6.68. The molecule has 3 heteroatoms. The van der Waals surface area contributed by atoms with Gasteiger partial charge in [-0.15, -0.1) is 0 Å². The third kappa shape index (κ3) is 1.33. The van der Waals surface area contributed by atoms with Crippen LogP contribution in [0.3, 0.4) is 0 Å². The quantitative estimate of drug-likeness (QED) is 0.661.